The third-order valence-electron chi connectivity index (χ3n) is 4.10. The van der Waals surface area contributed by atoms with Crippen molar-refractivity contribution in [2.45, 2.75) is 54.0 Å². The van der Waals surface area contributed by atoms with E-state index < -0.39 is 0 Å². The van der Waals surface area contributed by atoms with Gasteiger partial charge in [0.2, 0.25) is 0 Å². The van der Waals surface area contributed by atoms with E-state index in [0.29, 0.717) is 0 Å². The highest BCUT2D eigenvalue weighted by Gasteiger charge is 2.19. The molecule has 2 aromatic rings. The molecule has 0 amide bonds. The van der Waals surface area contributed by atoms with Gasteiger partial charge in [0, 0.05) is 41.8 Å². The minimum Gasteiger partial charge on any atom is -0.370 e. The first-order chi connectivity index (χ1) is 13.0. The lowest BCUT2D eigenvalue weighted by molar-refractivity contribution is 0.534. The van der Waals surface area contributed by atoms with Gasteiger partial charge in [-0.1, -0.05) is 26.5 Å². The van der Waals surface area contributed by atoms with Crippen molar-refractivity contribution in [3.63, 3.8) is 0 Å². The number of hydrogen-bond acceptors (Lipinski definition) is 4. The molecule has 5 nitrogen and oxygen atoms in total. The fourth-order valence-electron chi connectivity index (χ4n) is 2.91. The van der Waals surface area contributed by atoms with Gasteiger partial charge in [0.15, 0.2) is 0 Å². The van der Waals surface area contributed by atoms with Crippen LogP contribution >= 0.6 is 0 Å². The Morgan fingerprint density at radius 2 is 2.11 bits per heavy atom. The molecular weight excluding hydrogens is 334 g/mol. The number of rotatable bonds is 5. The Bertz CT molecular complexity index is 856. The lowest BCUT2D eigenvalue weighted by Gasteiger charge is -2.05. The minimum atomic E-state index is 0.272. The topological polar surface area (TPSA) is 55.1 Å². The third kappa shape index (κ3) is 4.73. The molecule has 1 aliphatic heterocycles. The number of aromatic nitrogens is 3. The van der Waals surface area contributed by atoms with Crippen molar-refractivity contribution in [1.29, 1.82) is 0 Å². The molecule has 27 heavy (non-hydrogen) atoms. The molecule has 0 fully saturated rings. The number of nitrogens with zero attached hydrogens (tertiary/aromatic N) is 4. The lowest BCUT2D eigenvalue weighted by atomic mass is 10.0. The number of aliphatic imine (C=N–C) groups is 1. The molecule has 2 aromatic heterocycles. The molecule has 144 valence electrons. The molecule has 0 aromatic carbocycles. The van der Waals surface area contributed by atoms with E-state index in [2.05, 4.69) is 48.0 Å². The first-order valence-corrected chi connectivity index (χ1v) is 9.69. The number of allylic oxidation sites excluding steroid dienone is 3. The molecule has 5 heteroatoms. The van der Waals surface area contributed by atoms with Crippen LogP contribution in [-0.4, -0.2) is 27.0 Å². The van der Waals surface area contributed by atoms with Crippen molar-refractivity contribution in [1.82, 2.24) is 14.8 Å². The normalized spacial score (nSPS) is 13.4. The van der Waals surface area contributed by atoms with E-state index >= 15 is 0 Å². The van der Waals surface area contributed by atoms with Gasteiger partial charge >= 0.3 is 0 Å². The number of hydrogen-bond donors (Lipinski definition) is 1. The average Bonchev–Trinajstić information content (AvgIpc) is 3.29. The zero-order valence-electron chi connectivity index (χ0n) is 17.4. The maximum absolute atomic E-state index is 4.83. The summed E-state index contributed by atoms with van der Waals surface area (Å²) < 4.78 is 1.98. The number of nitrogens with one attached hydrogen (secondary N) is 1. The van der Waals surface area contributed by atoms with E-state index in [1.54, 1.807) is 0 Å². The SMILES string of the molecule is C=C(C)N=C(/C=C\C)c1cn(C(C)C)nc1-c1cnc2c(c1)CCN2.CC. The van der Waals surface area contributed by atoms with Gasteiger partial charge in [-0.05, 0) is 51.8 Å². The maximum Gasteiger partial charge on any atom is 0.129 e. The van der Waals surface area contributed by atoms with Gasteiger partial charge in [-0.15, -0.1) is 0 Å². The van der Waals surface area contributed by atoms with Gasteiger partial charge in [-0.25, -0.2) is 4.98 Å². The molecule has 0 atom stereocenters. The fourth-order valence-corrected chi connectivity index (χ4v) is 2.91. The number of anilines is 1. The van der Waals surface area contributed by atoms with Crippen molar-refractivity contribution < 1.29 is 0 Å². The van der Waals surface area contributed by atoms with E-state index in [9.17, 15) is 0 Å². The van der Waals surface area contributed by atoms with Gasteiger partial charge in [0.25, 0.3) is 0 Å². The predicted molar refractivity (Wildman–Crippen MR) is 116 cm³/mol. The van der Waals surface area contributed by atoms with E-state index in [-0.39, 0.29) is 6.04 Å². The standard InChI is InChI=1S/C20H25N5.C2H6/c1-6-7-18(23-13(2)3)17-12-25(14(4)5)24-19(17)16-10-15-8-9-21-20(15)22-11-16;1-2/h6-7,10-12,14H,2,8-9H2,1,3-5H3,(H,21,22);1-2H3/b7-6-,23-18?;. The van der Waals surface area contributed by atoms with Crippen LogP contribution in [0.4, 0.5) is 5.82 Å². The first kappa shape index (κ1) is 20.6. The van der Waals surface area contributed by atoms with Crippen LogP contribution in [0.25, 0.3) is 11.3 Å². The van der Waals surface area contributed by atoms with Crippen LogP contribution in [0.1, 0.15) is 58.7 Å². The van der Waals surface area contributed by atoms with Gasteiger partial charge in [0.1, 0.15) is 11.5 Å². The second-order valence-corrected chi connectivity index (χ2v) is 6.61. The lowest BCUT2D eigenvalue weighted by Crippen LogP contribution is -2.01. The molecule has 3 rings (SSSR count). The number of pyridine rings is 1. The van der Waals surface area contributed by atoms with Crippen molar-refractivity contribution in [2.24, 2.45) is 4.99 Å². The quantitative estimate of drug-likeness (QED) is 0.720. The predicted octanol–water partition coefficient (Wildman–Crippen LogP) is 5.42. The highest BCUT2D eigenvalue weighted by molar-refractivity contribution is 6.12. The largest absolute Gasteiger partial charge is 0.370 e. The van der Waals surface area contributed by atoms with Crippen LogP contribution in [0, 0.1) is 0 Å². The van der Waals surface area contributed by atoms with Crippen LogP contribution in [0.5, 0.6) is 0 Å². The van der Waals surface area contributed by atoms with Gasteiger partial charge in [-0.3, -0.25) is 9.67 Å². The molecular formula is C22H31N5. The van der Waals surface area contributed by atoms with Gasteiger partial charge in [-0.2, -0.15) is 5.10 Å². The zero-order chi connectivity index (χ0) is 20.0. The highest BCUT2D eigenvalue weighted by Crippen LogP contribution is 2.29. The maximum atomic E-state index is 4.83. The summed E-state index contributed by atoms with van der Waals surface area (Å²) in [4.78, 5) is 9.18. The summed E-state index contributed by atoms with van der Waals surface area (Å²) in [7, 11) is 0. The summed E-state index contributed by atoms with van der Waals surface area (Å²) in [6, 6.07) is 2.46. The van der Waals surface area contributed by atoms with Gasteiger partial charge < -0.3 is 5.32 Å². The van der Waals surface area contributed by atoms with Crippen LogP contribution in [0.2, 0.25) is 0 Å². The molecule has 0 saturated carbocycles. The van der Waals surface area contributed by atoms with Crippen LogP contribution in [0.3, 0.4) is 0 Å². The van der Waals surface area contributed by atoms with Gasteiger partial charge in [0.05, 0.1) is 5.71 Å². The Balaban J connectivity index is 0.00000126. The fraction of sp³-hybridized carbons (Fsp3) is 0.409. The Hall–Kier alpha value is -2.69. The second-order valence-electron chi connectivity index (χ2n) is 6.61. The third-order valence-corrected chi connectivity index (χ3v) is 4.10. The molecule has 0 saturated heterocycles. The van der Waals surface area contributed by atoms with Crippen LogP contribution < -0.4 is 5.32 Å². The van der Waals surface area contributed by atoms with Crippen molar-refractivity contribution in [2.75, 3.05) is 11.9 Å². The van der Waals surface area contributed by atoms with Crippen LogP contribution in [0.15, 0.2) is 47.9 Å². The average molecular weight is 366 g/mol. The Labute approximate surface area is 162 Å². The summed E-state index contributed by atoms with van der Waals surface area (Å²) in [5.74, 6) is 0.984. The summed E-state index contributed by atoms with van der Waals surface area (Å²) in [5, 5.41) is 8.13. The Morgan fingerprint density at radius 3 is 2.74 bits per heavy atom. The highest BCUT2D eigenvalue weighted by atomic mass is 15.3. The smallest absolute Gasteiger partial charge is 0.129 e. The summed E-state index contributed by atoms with van der Waals surface area (Å²) in [5.41, 5.74) is 5.82. The number of fused-ring (bicyclic) bond motifs is 1. The monoisotopic (exact) mass is 365 g/mol. The molecule has 0 aliphatic carbocycles. The molecule has 0 bridgehead atoms. The Morgan fingerprint density at radius 1 is 1.37 bits per heavy atom. The molecule has 0 radical (unpaired) electrons. The van der Waals surface area contributed by atoms with E-state index in [4.69, 9.17) is 5.10 Å². The summed E-state index contributed by atoms with van der Waals surface area (Å²) >= 11 is 0. The molecule has 1 aliphatic rings. The molecule has 3 heterocycles. The molecule has 0 spiro atoms. The minimum absolute atomic E-state index is 0.272. The van der Waals surface area contributed by atoms with Crippen molar-refractivity contribution in [3.05, 3.63) is 54.0 Å². The van der Waals surface area contributed by atoms with Crippen molar-refractivity contribution >= 4 is 11.5 Å². The molecule has 0 unspecified atom stereocenters. The first-order valence-electron chi connectivity index (χ1n) is 9.69. The van der Waals surface area contributed by atoms with E-state index in [1.807, 2.05) is 50.7 Å². The zero-order valence-corrected chi connectivity index (χ0v) is 17.4. The summed E-state index contributed by atoms with van der Waals surface area (Å²) in [6.07, 6.45) is 8.94. The van der Waals surface area contributed by atoms with Crippen molar-refractivity contribution in [3.8, 4) is 11.3 Å². The van der Waals surface area contributed by atoms with Crippen LogP contribution in [-0.2, 0) is 6.42 Å². The molecule has 1 N–H and O–H groups in total. The second kappa shape index (κ2) is 9.31. The Kier molecular flexibility index (Phi) is 7.11. The summed E-state index contributed by atoms with van der Waals surface area (Å²) in [6.45, 7) is 17.0. The van der Waals surface area contributed by atoms with E-state index in [1.165, 1.54) is 5.56 Å². The van der Waals surface area contributed by atoms with E-state index in [0.717, 1.165) is 47.0 Å².